The second-order valence-electron chi connectivity index (χ2n) is 35.9. The molecule has 0 atom stereocenters. The van der Waals surface area contributed by atoms with Crippen LogP contribution < -0.4 is 0 Å². The SMILES string of the molecule is C.C#CCC(C)C.C#CCOCCOCCC(C)C.C#CCOCCOCCOCCC(C)C.C=CCC(C)C.CC(C)C1CC1.CC(C)CC(C)(C)O.CC(C)CC1CC1.CC(C)CCN(C)C.CC(C)CCN1CCCCC1.CC(C)CCS(C)(=O)=O.CCCC(C)C.CCCC(C)C.COCCC(C)C. The van der Waals surface area contributed by atoms with Crippen LogP contribution in [-0.4, -0.2) is 161 Å². The molecule has 656 valence electrons. The molecule has 2 aliphatic carbocycles. The van der Waals surface area contributed by atoms with E-state index in [1.165, 1.54) is 129 Å². The summed E-state index contributed by atoms with van der Waals surface area (Å²) in [5.41, 5.74) is -0.478. The topological polar surface area (TPSA) is 116 Å². The predicted octanol–water partition coefficient (Wildman–Crippen LogP) is 26.0. The molecule has 108 heavy (non-hydrogen) atoms. The lowest BCUT2D eigenvalue weighted by atomic mass is 9.97. The highest BCUT2D eigenvalue weighted by Gasteiger charge is 2.24. The number of aliphatic hydroxyl groups is 1. The van der Waals surface area contributed by atoms with E-state index in [4.69, 9.17) is 47.7 Å². The number of nitrogens with zero attached hydrogens (tertiary/aromatic N) is 2. The monoisotopic (exact) mass is 1560 g/mol. The van der Waals surface area contributed by atoms with Crippen LogP contribution in [0.5, 0.6) is 0 Å². The van der Waals surface area contributed by atoms with Crippen LogP contribution >= 0.6 is 0 Å². The van der Waals surface area contributed by atoms with E-state index in [1.54, 1.807) is 7.11 Å². The third-order valence-electron chi connectivity index (χ3n) is 15.6. The quantitative estimate of drug-likeness (QED) is 0.0358. The third-order valence-corrected chi connectivity index (χ3v) is 16.6. The van der Waals surface area contributed by atoms with E-state index in [0.29, 0.717) is 88.2 Å². The van der Waals surface area contributed by atoms with Crippen LogP contribution in [0, 0.1) is 126 Å². The number of allylic oxidation sites excluding steroid dienone is 1. The van der Waals surface area contributed by atoms with E-state index in [1.807, 2.05) is 33.8 Å². The van der Waals surface area contributed by atoms with Crippen molar-refractivity contribution in [1.29, 1.82) is 0 Å². The smallest absolute Gasteiger partial charge is 0.147 e. The largest absolute Gasteiger partial charge is 0.390 e. The summed E-state index contributed by atoms with van der Waals surface area (Å²) in [7, 11) is 3.25. The second-order valence-corrected chi connectivity index (χ2v) is 38.2. The summed E-state index contributed by atoms with van der Waals surface area (Å²) in [5.74, 6) is 20.0. The number of methoxy groups -OCH3 is 1. The average Bonchev–Trinajstić information content (AvgIpc) is 1.83. The van der Waals surface area contributed by atoms with Crippen molar-refractivity contribution in [2.75, 3.05) is 132 Å². The van der Waals surface area contributed by atoms with Gasteiger partial charge in [-0.2, -0.15) is 0 Å². The first-order valence-electron chi connectivity index (χ1n) is 43.3. The Hall–Kier alpha value is -1.99. The van der Waals surface area contributed by atoms with Gasteiger partial charge in [0.05, 0.1) is 51.0 Å². The number of likely N-dealkylation sites (tertiary alicyclic amines) is 1. The molecule has 0 radical (unpaired) electrons. The number of ether oxygens (including phenoxy) is 6. The molecule has 0 aromatic carbocycles. The fourth-order valence-electron chi connectivity index (χ4n) is 9.01. The molecule has 0 bridgehead atoms. The maximum absolute atomic E-state index is 10.5. The van der Waals surface area contributed by atoms with Crippen LogP contribution in [0.15, 0.2) is 12.7 Å². The average molecular weight is 1560 g/mol. The molecule has 0 aromatic heterocycles. The van der Waals surface area contributed by atoms with E-state index < -0.39 is 15.4 Å². The Labute approximate surface area is 683 Å². The van der Waals surface area contributed by atoms with Crippen molar-refractivity contribution < 1.29 is 41.9 Å². The summed E-state index contributed by atoms with van der Waals surface area (Å²) >= 11 is 0. The van der Waals surface area contributed by atoms with Crippen LogP contribution in [-0.2, 0) is 38.3 Å². The van der Waals surface area contributed by atoms with Crippen molar-refractivity contribution in [3.05, 3.63) is 12.7 Å². The molecule has 1 N–H and O–H groups in total. The summed E-state index contributed by atoms with van der Waals surface area (Å²) < 4.78 is 51.9. The van der Waals surface area contributed by atoms with Gasteiger partial charge in [0.15, 0.2) is 0 Å². The van der Waals surface area contributed by atoms with Crippen LogP contribution in [0.1, 0.15) is 350 Å². The fourth-order valence-corrected chi connectivity index (χ4v) is 9.91. The van der Waals surface area contributed by atoms with Gasteiger partial charge in [-0.1, -0.05) is 264 Å². The lowest BCUT2D eigenvalue weighted by Crippen LogP contribution is -2.31. The Kier molecular flexibility index (Phi) is 117. The number of rotatable bonds is 41. The van der Waals surface area contributed by atoms with Crippen molar-refractivity contribution in [3.63, 3.8) is 0 Å². The van der Waals surface area contributed by atoms with Crippen molar-refractivity contribution in [3.8, 4) is 37.0 Å². The number of terminal acetylenes is 3. The van der Waals surface area contributed by atoms with Crippen molar-refractivity contribution in [2.45, 2.75) is 356 Å². The molecule has 11 nitrogen and oxygen atoms in total. The van der Waals surface area contributed by atoms with Crippen LogP contribution in [0.3, 0.4) is 0 Å². The standard InChI is InChI=1S/C12H22O3.C10H21N.C10H18O2.C7H17N.C7H16O.C7H14.C6H14O2S.C6H14O.C6H12.2C6H14.C6H12.C6H10.CH4/c1-4-6-13-8-10-15-11-9-14-7-5-12(2)3;1-10(2)6-9-11-7-4-3-5-8-11;1-4-6-11-8-9-12-7-5-10(2)3;1-7(2)5-6-8(3)4;1-6(2)5-7(3,4)8;1-6(2)5-7-3-4-7;1-6(2)4-5-9(3,7)8;1-6(2)4-5-7-3;1-5(2)6-3-4-6;4*1-4-5-6(2)3;/h1,12H,5-11H2,2-3H3;10H,3-9H2,1-2H3;1,10H,5-9H2,2-3H3;7H,5-6H2,1-4H3;6,8H,5H2,1-4H3;6-7H,3-5H2,1-2H3;6H,4-5H2,1-3H3;6H,4-5H2,1-3H3;5-6H,3-4H2,1-2H3;2*6H,4-5H2,1-3H3;4,6H,1,5H2,2-3H3;1,6H,5H2,2-3H3;1H4. The van der Waals surface area contributed by atoms with E-state index in [9.17, 15) is 13.5 Å². The molecule has 0 amide bonds. The number of sulfone groups is 1. The summed E-state index contributed by atoms with van der Waals surface area (Å²) in [6, 6.07) is 0. The molecule has 12 heteroatoms. The molecule has 1 aliphatic heterocycles. The maximum atomic E-state index is 10.5. The van der Waals surface area contributed by atoms with Crippen LogP contribution in [0.25, 0.3) is 0 Å². The fraction of sp³-hybridized carbons (Fsp3) is 0.917. The minimum Gasteiger partial charge on any atom is -0.390 e. The zero-order valence-electron chi connectivity index (χ0n) is 78.9. The highest BCUT2D eigenvalue weighted by Crippen LogP contribution is 2.36. The highest BCUT2D eigenvalue weighted by atomic mass is 32.2. The molecule has 2 saturated carbocycles. The summed E-state index contributed by atoms with van der Waals surface area (Å²) in [5, 5.41) is 9.19. The normalized spacial score (nSPS) is 12.9. The molecule has 1 saturated heterocycles. The minimum absolute atomic E-state index is 0. The van der Waals surface area contributed by atoms with Gasteiger partial charge in [-0.3, -0.25) is 0 Å². The van der Waals surface area contributed by atoms with Gasteiger partial charge in [-0.25, -0.2) is 8.42 Å². The molecule has 0 unspecified atom stereocenters. The van der Waals surface area contributed by atoms with Crippen molar-refractivity contribution in [2.24, 2.45) is 88.8 Å². The lowest BCUT2D eigenvalue weighted by molar-refractivity contribution is 0.0183. The summed E-state index contributed by atoms with van der Waals surface area (Å²) in [6.45, 7) is 81.2. The Morgan fingerprint density at radius 1 is 0.491 bits per heavy atom. The molecule has 0 aromatic rings. The van der Waals surface area contributed by atoms with Gasteiger partial charge in [0.2, 0.25) is 0 Å². The zero-order valence-corrected chi connectivity index (χ0v) is 79.7. The predicted molar refractivity (Wildman–Crippen MR) is 489 cm³/mol. The Balaban J connectivity index is -0.000000106. The summed E-state index contributed by atoms with van der Waals surface area (Å²) in [4.78, 5) is 4.84. The lowest BCUT2D eigenvalue weighted by Gasteiger charge is -2.26. The first-order chi connectivity index (χ1) is 49.7. The molecule has 3 fully saturated rings. The van der Waals surface area contributed by atoms with Crippen molar-refractivity contribution in [1.82, 2.24) is 9.80 Å². The second kappa shape index (κ2) is 97.4. The molecule has 3 aliphatic rings. The van der Waals surface area contributed by atoms with Crippen LogP contribution in [0.2, 0.25) is 0 Å². The van der Waals surface area contributed by atoms with E-state index in [2.05, 4.69) is 228 Å². The van der Waals surface area contributed by atoms with Gasteiger partial charge >= 0.3 is 0 Å². The van der Waals surface area contributed by atoms with Gasteiger partial charge in [-0.15, -0.1) is 31.8 Å². The van der Waals surface area contributed by atoms with E-state index in [0.717, 1.165) is 118 Å². The Morgan fingerprint density at radius 2 is 0.861 bits per heavy atom. The molecule has 0 spiro atoms. The highest BCUT2D eigenvalue weighted by molar-refractivity contribution is 7.90. The van der Waals surface area contributed by atoms with Gasteiger partial charge in [0, 0.05) is 39.6 Å². The first kappa shape index (κ1) is 129. The number of hydrogen-bond acceptors (Lipinski definition) is 11. The number of hydrogen-bond donors (Lipinski definition) is 1. The van der Waals surface area contributed by atoms with Crippen LogP contribution in [0.4, 0.5) is 0 Å². The molecular weight excluding hydrogens is 1360 g/mol. The molecule has 1 heterocycles. The molecule has 3 rings (SSSR count). The third kappa shape index (κ3) is 181. The van der Waals surface area contributed by atoms with Gasteiger partial charge in [0.1, 0.15) is 23.1 Å². The number of piperidine rings is 1. The van der Waals surface area contributed by atoms with Gasteiger partial charge in [-0.05, 0) is 226 Å². The first-order valence-corrected chi connectivity index (χ1v) is 45.4. The van der Waals surface area contributed by atoms with E-state index in [-0.39, 0.29) is 7.43 Å². The van der Waals surface area contributed by atoms with E-state index >= 15 is 0 Å². The molecular formula is C96H202N2O9S. The minimum atomic E-state index is -2.72. The summed E-state index contributed by atoms with van der Waals surface area (Å²) in [6.07, 6.45) is 45.2. The van der Waals surface area contributed by atoms with Gasteiger partial charge in [0.25, 0.3) is 0 Å². The zero-order chi connectivity index (χ0) is 85.0. The van der Waals surface area contributed by atoms with Crippen molar-refractivity contribution >= 4 is 9.84 Å². The maximum Gasteiger partial charge on any atom is 0.147 e. The Morgan fingerprint density at radius 3 is 1.03 bits per heavy atom. The van der Waals surface area contributed by atoms with Gasteiger partial charge < -0.3 is 43.3 Å². The Bertz CT molecular complexity index is 1870.